The van der Waals surface area contributed by atoms with Crippen LogP contribution in [-0.2, 0) is 6.54 Å². The number of rotatable bonds is 5. The number of halogens is 2. The van der Waals surface area contributed by atoms with E-state index in [1.54, 1.807) is 0 Å². The zero-order valence-electron chi connectivity index (χ0n) is 8.34. The molecule has 1 nitrogen and oxygen atoms in total. The average molecular weight is 321 g/mol. The Morgan fingerprint density at radius 3 is 2.43 bits per heavy atom. The highest BCUT2D eigenvalue weighted by Crippen LogP contribution is 2.11. The van der Waals surface area contributed by atoms with Gasteiger partial charge >= 0.3 is 0 Å². The van der Waals surface area contributed by atoms with Gasteiger partial charge in [-0.25, -0.2) is 0 Å². The number of hydrogen-bond acceptors (Lipinski definition) is 1. The fourth-order valence-electron chi connectivity index (χ4n) is 1.31. The Balaban J connectivity index is 2.39. The minimum atomic E-state index is 1.03. The van der Waals surface area contributed by atoms with Crippen LogP contribution in [0.4, 0.5) is 0 Å². The highest BCUT2D eigenvalue weighted by atomic mass is 79.9. The van der Waals surface area contributed by atoms with E-state index in [1.807, 2.05) is 0 Å². The molecule has 3 heteroatoms. The summed E-state index contributed by atoms with van der Waals surface area (Å²) in [5.74, 6) is 0. The minimum Gasteiger partial charge on any atom is -0.302 e. The molecule has 1 rings (SSSR count). The summed E-state index contributed by atoms with van der Waals surface area (Å²) in [6.45, 7) is 2.17. The Kier molecular flexibility index (Phi) is 5.75. The minimum absolute atomic E-state index is 1.03. The van der Waals surface area contributed by atoms with Gasteiger partial charge in [0.1, 0.15) is 0 Å². The summed E-state index contributed by atoms with van der Waals surface area (Å²) in [7, 11) is 2.16. The smallest absolute Gasteiger partial charge is 0.0230 e. The Labute approximate surface area is 103 Å². The van der Waals surface area contributed by atoms with Gasteiger partial charge in [-0.2, -0.15) is 0 Å². The molecule has 0 aliphatic heterocycles. The van der Waals surface area contributed by atoms with Crippen molar-refractivity contribution in [3.63, 3.8) is 0 Å². The van der Waals surface area contributed by atoms with Gasteiger partial charge in [0.2, 0.25) is 0 Å². The predicted molar refractivity (Wildman–Crippen MR) is 68.9 cm³/mol. The third-order valence-electron chi connectivity index (χ3n) is 2.04. The van der Waals surface area contributed by atoms with Crippen LogP contribution in [0.25, 0.3) is 0 Å². The van der Waals surface area contributed by atoms with Crippen molar-refractivity contribution in [2.24, 2.45) is 0 Å². The molecule has 0 heterocycles. The molecule has 1 aromatic rings. The zero-order valence-corrected chi connectivity index (χ0v) is 11.5. The SMILES string of the molecule is CN(CCCBr)Cc1ccc(Br)cc1. The van der Waals surface area contributed by atoms with Crippen molar-refractivity contribution in [3.05, 3.63) is 34.3 Å². The first-order valence-corrected chi connectivity index (χ1v) is 6.63. The third kappa shape index (κ3) is 4.58. The van der Waals surface area contributed by atoms with Crippen LogP contribution in [0.5, 0.6) is 0 Å². The van der Waals surface area contributed by atoms with Crippen LogP contribution in [0.15, 0.2) is 28.7 Å². The molecule has 0 unspecified atom stereocenters. The first kappa shape index (κ1) is 12.2. The molecule has 0 aliphatic rings. The molecule has 14 heavy (non-hydrogen) atoms. The van der Waals surface area contributed by atoms with Crippen LogP contribution in [0, 0.1) is 0 Å². The fourth-order valence-corrected chi connectivity index (χ4v) is 1.83. The van der Waals surface area contributed by atoms with Crippen molar-refractivity contribution in [1.29, 1.82) is 0 Å². The van der Waals surface area contributed by atoms with Crippen LogP contribution >= 0.6 is 31.9 Å². The average Bonchev–Trinajstić information content (AvgIpc) is 2.18. The molecule has 0 spiro atoms. The monoisotopic (exact) mass is 319 g/mol. The number of benzene rings is 1. The molecule has 0 radical (unpaired) electrons. The lowest BCUT2D eigenvalue weighted by Gasteiger charge is -2.15. The molecule has 0 fully saturated rings. The molecular formula is C11H15Br2N. The highest BCUT2D eigenvalue weighted by Gasteiger charge is 1.99. The Bertz CT molecular complexity index is 258. The summed E-state index contributed by atoms with van der Waals surface area (Å²) in [6, 6.07) is 8.50. The Morgan fingerprint density at radius 1 is 1.21 bits per heavy atom. The summed E-state index contributed by atoms with van der Waals surface area (Å²) in [4.78, 5) is 2.34. The van der Waals surface area contributed by atoms with Gasteiger partial charge in [0, 0.05) is 16.3 Å². The molecule has 1 aromatic carbocycles. The summed E-state index contributed by atoms with van der Waals surface area (Å²) in [5.41, 5.74) is 1.37. The molecule has 0 N–H and O–H groups in total. The first-order valence-electron chi connectivity index (χ1n) is 4.71. The van der Waals surface area contributed by atoms with Crippen LogP contribution in [0.1, 0.15) is 12.0 Å². The quantitative estimate of drug-likeness (QED) is 0.748. The van der Waals surface area contributed by atoms with Crippen LogP contribution in [0.3, 0.4) is 0 Å². The fraction of sp³-hybridized carbons (Fsp3) is 0.455. The zero-order chi connectivity index (χ0) is 10.4. The van der Waals surface area contributed by atoms with E-state index >= 15 is 0 Å². The van der Waals surface area contributed by atoms with E-state index in [2.05, 4.69) is 68.1 Å². The lowest BCUT2D eigenvalue weighted by Crippen LogP contribution is -2.19. The summed E-state index contributed by atoms with van der Waals surface area (Å²) in [6.07, 6.45) is 1.20. The summed E-state index contributed by atoms with van der Waals surface area (Å²) in [5, 5.41) is 1.08. The maximum absolute atomic E-state index is 3.44. The molecule has 0 saturated carbocycles. The van der Waals surface area contributed by atoms with Crippen LogP contribution in [-0.4, -0.2) is 23.8 Å². The van der Waals surface area contributed by atoms with Gasteiger partial charge in [0.05, 0.1) is 0 Å². The van der Waals surface area contributed by atoms with E-state index in [9.17, 15) is 0 Å². The largest absolute Gasteiger partial charge is 0.302 e. The standard InChI is InChI=1S/C11H15Br2N/c1-14(8-2-7-12)9-10-3-5-11(13)6-4-10/h3-6H,2,7-9H2,1H3. The van der Waals surface area contributed by atoms with E-state index in [0.29, 0.717) is 0 Å². The number of nitrogens with zero attached hydrogens (tertiary/aromatic N) is 1. The molecule has 0 bridgehead atoms. The maximum atomic E-state index is 3.44. The van der Waals surface area contributed by atoms with E-state index in [-0.39, 0.29) is 0 Å². The van der Waals surface area contributed by atoms with Gasteiger partial charge in [-0.15, -0.1) is 0 Å². The van der Waals surface area contributed by atoms with Crippen molar-refractivity contribution in [3.8, 4) is 0 Å². The molecule has 0 atom stereocenters. The topological polar surface area (TPSA) is 3.24 Å². The van der Waals surface area contributed by atoms with E-state index in [4.69, 9.17) is 0 Å². The van der Waals surface area contributed by atoms with Crippen molar-refractivity contribution in [2.75, 3.05) is 18.9 Å². The van der Waals surface area contributed by atoms with E-state index in [1.165, 1.54) is 12.0 Å². The molecule has 78 valence electrons. The maximum Gasteiger partial charge on any atom is 0.0230 e. The Hall–Kier alpha value is 0.140. The van der Waals surface area contributed by atoms with Crippen LogP contribution < -0.4 is 0 Å². The number of hydrogen-bond donors (Lipinski definition) is 0. The lowest BCUT2D eigenvalue weighted by molar-refractivity contribution is 0.329. The van der Waals surface area contributed by atoms with Gasteiger partial charge in [-0.1, -0.05) is 44.0 Å². The predicted octanol–water partition coefficient (Wildman–Crippen LogP) is 3.67. The van der Waals surface area contributed by atoms with Gasteiger partial charge in [0.25, 0.3) is 0 Å². The molecule has 0 aliphatic carbocycles. The highest BCUT2D eigenvalue weighted by molar-refractivity contribution is 9.10. The van der Waals surface area contributed by atoms with Crippen molar-refractivity contribution >= 4 is 31.9 Å². The van der Waals surface area contributed by atoms with Gasteiger partial charge in [0.15, 0.2) is 0 Å². The molecular weight excluding hydrogens is 306 g/mol. The summed E-state index contributed by atoms with van der Waals surface area (Å²) < 4.78 is 1.14. The van der Waals surface area contributed by atoms with Crippen LogP contribution in [0.2, 0.25) is 0 Å². The van der Waals surface area contributed by atoms with E-state index < -0.39 is 0 Å². The van der Waals surface area contributed by atoms with Crippen molar-refractivity contribution < 1.29 is 0 Å². The second-order valence-corrected chi connectivity index (χ2v) is 5.12. The normalized spacial score (nSPS) is 10.9. The van der Waals surface area contributed by atoms with Gasteiger partial charge < -0.3 is 4.90 Å². The third-order valence-corrected chi connectivity index (χ3v) is 3.13. The van der Waals surface area contributed by atoms with Crippen molar-refractivity contribution in [2.45, 2.75) is 13.0 Å². The van der Waals surface area contributed by atoms with E-state index in [0.717, 1.165) is 22.9 Å². The lowest BCUT2D eigenvalue weighted by atomic mass is 10.2. The van der Waals surface area contributed by atoms with Gasteiger partial charge in [-0.3, -0.25) is 0 Å². The summed E-state index contributed by atoms with van der Waals surface area (Å²) >= 11 is 6.87. The molecule has 0 saturated heterocycles. The molecule has 0 aromatic heterocycles. The van der Waals surface area contributed by atoms with Gasteiger partial charge in [-0.05, 0) is 37.7 Å². The molecule has 0 amide bonds. The van der Waals surface area contributed by atoms with Crippen molar-refractivity contribution in [1.82, 2.24) is 4.90 Å². The first-order chi connectivity index (χ1) is 6.72. The second kappa shape index (κ2) is 6.59. The number of alkyl halides is 1. The Morgan fingerprint density at radius 2 is 1.86 bits per heavy atom. The second-order valence-electron chi connectivity index (χ2n) is 3.41.